The van der Waals surface area contributed by atoms with E-state index in [0.717, 1.165) is 0 Å². The first-order chi connectivity index (χ1) is 9.99. The predicted octanol–water partition coefficient (Wildman–Crippen LogP) is 0.235. The Morgan fingerprint density at radius 3 is 2.33 bits per heavy atom. The van der Waals surface area contributed by atoms with Gasteiger partial charge in [0.05, 0.1) is 11.8 Å². The van der Waals surface area contributed by atoms with E-state index in [1.807, 2.05) is 4.90 Å². The average Bonchev–Trinajstić information content (AvgIpc) is 2.46. The molecular formula is C15H22N4O2. The summed E-state index contributed by atoms with van der Waals surface area (Å²) >= 11 is 0. The van der Waals surface area contributed by atoms with Crippen LogP contribution in [0.2, 0.25) is 0 Å². The molecule has 6 heteroatoms. The number of nitrogens with two attached hydrogens (primary N) is 3. The highest BCUT2D eigenvalue weighted by Crippen LogP contribution is 2.24. The molecule has 2 rings (SSSR count). The van der Waals surface area contributed by atoms with Crippen LogP contribution in [0.15, 0.2) is 41.9 Å². The first kappa shape index (κ1) is 15.1. The molecule has 8 N–H and O–H groups in total. The van der Waals surface area contributed by atoms with Crippen molar-refractivity contribution >= 4 is 5.70 Å². The molecule has 1 saturated heterocycles. The maximum atomic E-state index is 9.83. The van der Waals surface area contributed by atoms with Gasteiger partial charge in [0.1, 0.15) is 11.6 Å². The standard InChI is InChI=1S/C15H22N4O2/c16-12(11-3-1-2-4-14(11)21)9-13(15(17)18)19-7-5-10(20)6-8-19/h1-4,9-10,20-21H,5-8,16-18H2/b12-9-. The van der Waals surface area contributed by atoms with Gasteiger partial charge in [-0.3, -0.25) is 0 Å². The van der Waals surface area contributed by atoms with Crippen molar-refractivity contribution in [3.8, 4) is 5.75 Å². The number of hydrogen-bond donors (Lipinski definition) is 5. The van der Waals surface area contributed by atoms with Crippen LogP contribution in [0, 0.1) is 0 Å². The van der Waals surface area contributed by atoms with Crippen molar-refractivity contribution in [2.75, 3.05) is 13.1 Å². The van der Waals surface area contributed by atoms with E-state index in [-0.39, 0.29) is 17.7 Å². The van der Waals surface area contributed by atoms with Crippen LogP contribution in [0.1, 0.15) is 18.4 Å². The first-order valence-electron chi connectivity index (χ1n) is 6.93. The molecule has 0 aromatic heterocycles. The lowest BCUT2D eigenvalue weighted by Crippen LogP contribution is -2.37. The van der Waals surface area contributed by atoms with Crippen LogP contribution in [0.3, 0.4) is 0 Å². The number of nitrogens with zero attached hydrogens (tertiary/aromatic N) is 1. The number of benzene rings is 1. The molecule has 1 aliphatic rings. The number of aliphatic hydroxyl groups excluding tert-OH is 1. The lowest BCUT2D eigenvalue weighted by atomic mass is 10.1. The monoisotopic (exact) mass is 290 g/mol. The van der Waals surface area contributed by atoms with Crippen molar-refractivity contribution in [1.29, 1.82) is 0 Å². The molecule has 1 aliphatic heterocycles. The molecule has 0 amide bonds. The Morgan fingerprint density at radius 2 is 1.76 bits per heavy atom. The van der Waals surface area contributed by atoms with Crippen molar-refractivity contribution < 1.29 is 10.2 Å². The molecule has 1 heterocycles. The summed E-state index contributed by atoms with van der Waals surface area (Å²) in [7, 11) is 0. The van der Waals surface area contributed by atoms with Crippen LogP contribution in [0.4, 0.5) is 0 Å². The van der Waals surface area contributed by atoms with Crippen molar-refractivity contribution in [1.82, 2.24) is 4.90 Å². The van der Waals surface area contributed by atoms with Gasteiger partial charge >= 0.3 is 0 Å². The van der Waals surface area contributed by atoms with Gasteiger partial charge in [0.25, 0.3) is 0 Å². The highest BCUT2D eigenvalue weighted by molar-refractivity contribution is 5.69. The van der Waals surface area contributed by atoms with Gasteiger partial charge in [-0.05, 0) is 31.1 Å². The van der Waals surface area contributed by atoms with Crippen molar-refractivity contribution in [3.63, 3.8) is 0 Å². The third-order valence-corrected chi connectivity index (χ3v) is 3.61. The zero-order valence-corrected chi connectivity index (χ0v) is 11.9. The van der Waals surface area contributed by atoms with E-state index in [2.05, 4.69) is 0 Å². The van der Waals surface area contributed by atoms with Crippen LogP contribution in [-0.2, 0) is 0 Å². The van der Waals surface area contributed by atoms with E-state index >= 15 is 0 Å². The molecule has 0 saturated carbocycles. The summed E-state index contributed by atoms with van der Waals surface area (Å²) in [5.41, 5.74) is 19.1. The molecule has 0 spiro atoms. The number of aromatic hydroxyl groups is 1. The fourth-order valence-electron chi connectivity index (χ4n) is 2.41. The largest absolute Gasteiger partial charge is 0.507 e. The minimum absolute atomic E-state index is 0.107. The summed E-state index contributed by atoms with van der Waals surface area (Å²) < 4.78 is 0. The Bertz CT molecular complexity index is 557. The molecule has 0 atom stereocenters. The minimum atomic E-state index is -0.277. The molecule has 6 nitrogen and oxygen atoms in total. The molecule has 0 bridgehead atoms. The lowest BCUT2D eigenvalue weighted by molar-refractivity contribution is 0.0981. The molecule has 1 fully saturated rings. The zero-order valence-electron chi connectivity index (χ0n) is 11.9. The van der Waals surface area contributed by atoms with Gasteiger partial charge in [0.15, 0.2) is 0 Å². The van der Waals surface area contributed by atoms with Crippen molar-refractivity contribution in [2.24, 2.45) is 17.2 Å². The number of piperidine rings is 1. The third-order valence-electron chi connectivity index (χ3n) is 3.61. The Labute approximate surface area is 124 Å². The molecule has 0 aliphatic carbocycles. The topological polar surface area (TPSA) is 122 Å². The van der Waals surface area contributed by atoms with Gasteiger partial charge in [-0.25, -0.2) is 0 Å². The highest BCUT2D eigenvalue weighted by atomic mass is 16.3. The predicted molar refractivity (Wildman–Crippen MR) is 82.5 cm³/mol. The quantitative estimate of drug-likeness (QED) is 0.508. The van der Waals surface area contributed by atoms with Gasteiger partial charge < -0.3 is 32.3 Å². The van der Waals surface area contributed by atoms with Crippen LogP contribution in [-0.4, -0.2) is 34.3 Å². The second kappa shape index (κ2) is 6.41. The molecule has 21 heavy (non-hydrogen) atoms. The fourth-order valence-corrected chi connectivity index (χ4v) is 2.41. The van der Waals surface area contributed by atoms with Gasteiger partial charge in [-0.15, -0.1) is 0 Å². The Morgan fingerprint density at radius 1 is 1.14 bits per heavy atom. The molecule has 1 aromatic carbocycles. The number of likely N-dealkylation sites (tertiary alicyclic amines) is 1. The van der Waals surface area contributed by atoms with Gasteiger partial charge in [-0.2, -0.15) is 0 Å². The van der Waals surface area contributed by atoms with Crippen LogP contribution >= 0.6 is 0 Å². The minimum Gasteiger partial charge on any atom is -0.507 e. The molecule has 1 aromatic rings. The smallest absolute Gasteiger partial charge is 0.124 e. The summed E-state index contributed by atoms with van der Waals surface area (Å²) in [5, 5.41) is 19.4. The van der Waals surface area contributed by atoms with E-state index in [0.29, 0.717) is 42.9 Å². The highest BCUT2D eigenvalue weighted by Gasteiger charge is 2.19. The Hall–Kier alpha value is -2.34. The Kier molecular flexibility index (Phi) is 4.59. The summed E-state index contributed by atoms with van der Waals surface area (Å²) in [6, 6.07) is 6.82. The van der Waals surface area contributed by atoms with Crippen LogP contribution < -0.4 is 17.2 Å². The maximum absolute atomic E-state index is 9.83. The third kappa shape index (κ3) is 3.61. The van der Waals surface area contributed by atoms with Gasteiger partial charge in [-0.1, -0.05) is 12.1 Å². The molecule has 114 valence electrons. The van der Waals surface area contributed by atoms with E-state index < -0.39 is 0 Å². The van der Waals surface area contributed by atoms with Crippen LogP contribution in [0.5, 0.6) is 5.75 Å². The normalized spacial score (nSPS) is 16.8. The lowest BCUT2D eigenvalue weighted by Gasteiger charge is -2.32. The fraction of sp³-hybridized carbons (Fsp3) is 0.333. The molecule has 0 radical (unpaired) electrons. The van der Waals surface area contributed by atoms with Crippen molar-refractivity contribution in [2.45, 2.75) is 18.9 Å². The summed E-state index contributed by atoms with van der Waals surface area (Å²) in [6.45, 7) is 1.33. The maximum Gasteiger partial charge on any atom is 0.124 e. The second-order valence-corrected chi connectivity index (χ2v) is 5.18. The molecule has 0 unspecified atom stereocenters. The number of phenols is 1. The summed E-state index contributed by atoms with van der Waals surface area (Å²) in [6.07, 6.45) is 2.73. The second-order valence-electron chi connectivity index (χ2n) is 5.18. The van der Waals surface area contributed by atoms with E-state index in [1.54, 1.807) is 30.3 Å². The van der Waals surface area contributed by atoms with Gasteiger partial charge in [0.2, 0.25) is 0 Å². The number of aliphatic hydroxyl groups is 1. The SMILES string of the molecule is NC(N)=C(/C=C(\N)c1ccccc1O)N1CCC(O)CC1. The summed E-state index contributed by atoms with van der Waals surface area (Å²) in [4.78, 5) is 1.99. The number of allylic oxidation sites excluding steroid dienone is 1. The van der Waals surface area contributed by atoms with Gasteiger partial charge in [0, 0.05) is 24.4 Å². The summed E-state index contributed by atoms with van der Waals surface area (Å²) in [5.74, 6) is 0.278. The average molecular weight is 290 g/mol. The number of hydrogen-bond acceptors (Lipinski definition) is 6. The van der Waals surface area contributed by atoms with E-state index in [1.165, 1.54) is 0 Å². The van der Waals surface area contributed by atoms with E-state index in [4.69, 9.17) is 17.2 Å². The van der Waals surface area contributed by atoms with Crippen LogP contribution in [0.25, 0.3) is 5.70 Å². The van der Waals surface area contributed by atoms with E-state index in [9.17, 15) is 10.2 Å². The van der Waals surface area contributed by atoms with Crippen molar-refractivity contribution in [3.05, 3.63) is 47.4 Å². The zero-order chi connectivity index (χ0) is 15.4. The molecular weight excluding hydrogens is 268 g/mol. The number of para-hydroxylation sites is 1. The Balaban J connectivity index is 2.26. The number of phenolic OH excluding ortho intramolecular Hbond substituents is 1. The first-order valence-corrected chi connectivity index (χ1v) is 6.93. The number of rotatable bonds is 3.